The van der Waals surface area contributed by atoms with Gasteiger partial charge in [0.05, 0.1) is 10.8 Å². The van der Waals surface area contributed by atoms with Gasteiger partial charge in [0.1, 0.15) is 5.75 Å². The Hall–Kier alpha value is -3.04. The predicted molar refractivity (Wildman–Crippen MR) is 122 cm³/mol. The number of benzene rings is 2. The minimum Gasteiger partial charge on any atom is -0.481 e. The molecule has 162 valence electrons. The number of ether oxygens (including phenoxy) is 1. The van der Waals surface area contributed by atoms with E-state index in [1.54, 1.807) is 41.0 Å². The van der Waals surface area contributed by atoms with Crippen LogP contribution in [0.1, 0.15) is 25.8 Å². The van der Waals surface area contributed by atoms with Gasteiger partial charge in [-0.3, -0.25) is 9.59 Å². The monoisotopic (exact) mass is 459 g/mol. The van der Waals surface area contributed by atoms with Crippen LogP contribution in [-0.2, 0) is 16.6 Å². The van der Waals surface area contributed by atoms with Crippen molar-refractivity contribution in [1.29, 1.82) is 0 Å². The van der Waals surface area contributed by atoms with Gasteiger partial charge in [0.25, 0.3) is 0 Å². The van der Waals surface area contributed by atoms with E-state index in [2.05, 4.69) is 20.8 Å². The van der Waals surface area contributed by atoms with Gasteiger partial charge in [-0.05, 0) is 43.3 Å². The second-order valence-electron chi connectivity index (χ2n) is 6.69. The van der Waals surface area contributed by atoms with Crippen LogP contribution < -0.4 is 15.4 Å². The van der Waals surface area contributed by atoms with Crippen molar-refractivity contribution in [2.24, 2.45) is 7.05 Å². The number of thioether (sulfide) groups is 1. The van der Waals surface area contributed by atoms with Gasteiger partial charge in [0.2, 0.25) is 11.8 Å². The summed E-state index contributed by atoms with van der Waals surface area (Å²) in [5.41, 5.74) is 1.31. The molecule has 2 amide bonds. The Morgan fingerprint density at radius 2 is 1.74 bits per heavy atom. The zero-order valence-corrected chi connectivity index (χ0v) is 18.8. The maximum atomic E-state index is 12.3. The van der Waals surface area contributed by atoms with Crippen molar-refractivity contribution in [3.05, 3.63) is 59.4 Å². The zero-order valence-electron chi connectivity index (χ0n) is 17.3. The van der Waals surface area contributed by atoms with E-state index in [0.29, 0.717) is 33.1 Å². The second-order valence-corrected chi connectivity index (χ2v) is 8.04. The Kier molecular flexibility index (Phi) is 7.54. The normalized spacial score (nSPS) is 11.6. The van der Waals surface area contributed by atoms with E-state index in [-0.39, 0.29) is 23.7 Å². The fourth-order valence-electron chi connectivity index (χ4n) is 2.76. The van der Waals surface area contributed by atoms with E-state index in [9.17, 15) is 9.59 Å². The molecule has 0 aliphatic carbocycles. The molecule has 8 nitrogen and oxygen atoms in total. The summed E-state index contributed by atoms with van der Waals surface area (Å²) in [5.74, 6) is 1.03. The Bertz CT molecular complexity index is 1070. The molecule has 2 N–H and O–H groups in total. The first-order valence-electron chi connectivity index (χ1n) is 9.44. The first-order valence-corrected chi connectivity index (χ1v) is 10.8. The molecule has 0 bridgehead atoms. The molecule has 10 heteroatoms. The molecular weight excluding hydrogens is 438 g/mol. The van der Waals surface area contributed by atoms with E-state index >= 15 is 0 Å². The Labute approximate surface area is 189 Å². The number of halogens is 1. The molecule has 1 unspecified atom stereocenters. The van der Waals surface area contributed by atoms with Gasteiger partial charge < -0.3 is 19.9 Å². The lowest BCUT2D eigenvalue weighted by Gasteiger charge is -2.15. The fraction of sp³-hybridized carbons (Fsp3) is 0.238. The van der Waals surface area contributed by atoms with E-state index in [4.69, 9.17) is 16.3 Å². The Morgan fingerprint density at radius 1 is 1.10 bits per heavy atom. The third-order valence-corrected chi connectivity index (χ3v) is 5.53. The van der Waals surface area contributed by atoms with Gasteiger partial charge in [-0.2, -0.15) is 0 Å². The molecule has 3 aromatic rings. The van der Waals surface area contributed by atoms with Crippen LogP contribution in [0.5, 0.6) is 5.75 Å². The summed E-state index contributed by atoms with van der Waals surface area (Å²) in [5, 5.41) is 15.0. The molecule has 3 rings (SSSR count). The molecule has 0 spiro atoms. The van der Waals surface area contributed by atoms with E-state index in [0.717, 1.165) is 0 Å². The highest BCUT2D eigenvalue weighted by Gasteiger charge is 2.19. The lowest BCUT2D eigenvalue weighted by molar-refractivity contribution is -0.114. The predicted octanol–water partition coefficient (Wildman–Crippen LogP) is 4.30. The Balaban J connectivity index is 1.55. The van der Waals surface area contributed by atoms with E-state index in [1.807, 2.05) is 26.1 Å². The molecule has 0 aliphatic heterocycles. The van der Waals surface area contributed by atoms with E-state index in [1.165, 1.54) is 18.7 Å². The van der Waals surface area contributed by atoms with Crippen molar-refractivity contribution in [3.8, 4) is 5.75 Å². The number of amides is 2. The van der Waals surface area contributed by atoms with Crippen LogP contribution in [0.15, 0.2) is 53.7 Å². The topological polar surface area (TPSA) is 98.1 Å². The molecular formula is C21H22ClN5O3S. The number of hydrogen-bond donors (Lipinski definition) is 2. The molecule has 2 aromatic carbocycles. The van der Waals surface area contributed by atoms with Gasteiger partial charge >= 0.3 is 0 Å². The first-order chi connectivity index (χ1) is 14.8. The molecule has 0 radical (unpaired) electrons. The maximum absolute atomic E-state index is 12.3. The van der Waals surface area contributed by atoms with Crippen LogP contribution in [-0.4, -0.2) is 32.3 Å². The molecule has 0 saturated carbocycles. The van der Waals surface area contributed by atoms with Gasteiger partial charge in [-0.15, -0.1) is 10.2 Å². The number of hydrogen-bond acceptors (Lipinski definition) is 6. The lowest BCUT2D eigenvalue weighted by Crippen LogP contribution is -2.15. The summed E-state index contributed by atoms with van der Waals surface area (Å²) >= 11 is 7.42. The summed E-state index contributed by atoms with van der Waals surface area (Å²) in [6, 6.07) is 14.1. The number of carbonyl (C=O) groups excluding carboxylic acids is 2. The molecule has 1 heterocycles. The van der Waals surface area contributed by atoms with Gasteiger partial charge in [-0.25, -0.2) is 0 Å². The summed E-state index contributed by atoms with van der Waals surface area (Å²) in [4.78, 5) is 23.3. The third-order valence-electron chi connectivity index (χ3n) is 4.19. The van der Waals surface area contributed by atoms with Crippen LogP contribution in [0.25, 0.3) is 0 Å². The number of nitrogens with one attached hydrogen (secondary N) is 2. The number of aromatic nitrogens is 3. The first kappa shape index (κ1) is 22.6. The largest absolute Gasteiger partial charge is 0.481 e. The molecule has 1 aromatic heterocycles. The molecule has 0 fully saturated rings. The highest BCUT2D eigenvalue weighted by Crippen LogP contribution is 2.29. The number of carbonyl (C=O) groups is 2. The summed E-state index contributed by atoms with van der Waals surface area (Å²) in [6.07, 6.45) is -0.372. The average Bonchev–Trinajstić information content (AvgIpc) is 3.10. The Morgan fingerprint density at radius 3 is 2.39 bits per heavy atom. The van der Waals surface area contributed by atoms with Crippen molar-refractivity contribution >= 4 is 46.6 Å². The molecule has 0 aliphatic rings. The SMILES string of the molecule is CC(=O)Nc1ccc(NC(=O)CSc2nnc(C(C)Oc3ccccc3Cl)n2C)cc1. The fourth-order valence-corrected chi connectivity index (χ4v) is 3.66. The van der Waals surface area contributed by atoms with Gasteiger partial charge in [0, 0.05) is 25.3 Å². The number of anilines is 2. The summed E-state index contributed by atoms with van der Waals surface area (Å²) < 4.78 is 7.69. The number of nitrogens with zero attached hydrogens (tertiary/aromatic N) is 3. The summed E-state index contributed by atoms with van der Waals surface area (Å²) in [7, 11) is 1.82. The van der Waals surface area contributed by atoms with Crippen LogP contribution in [0.4, 0.5) is 11.4 Å². The van der Waals surface area contributed by atoms with Crippen molar-refractivity contribution in [2.45, 2.75) is 25.1 Å². The van der Waals surface area contributed by atoms with Gasteiger partial charge in [0.15, 0.2) is 17.1 Å². The number of para-hydroxylation sites is 1. The zero-order chi connectivity index (χ0) is 22.4. The van der Waals surface area contributed by atoms with Crippen molar-refractivity contribution in [3.63, 3.8) is 0 Å². The van der Waals surface area contributed by atoms with Gasteiger partial charge in [-0.1, -0.05) is 35.5 Å². The van der Waals surface area contributed by atoms with Crippen LogP contribution in [0.2, 0.25) is 5.02 Å². The minimum absolute atomic E-state index is 0.150. The lowest BCUT2D eigenvalue weighted by atomic mass is 10.3. The van der Waals surface area contributed by atoms with Crippen LogP contribution in [0, 0.1) is 0 Å². The minimum atomic E-state index is -0.372. The average molecular weight is 460 g/mol. The highest BCUT2D eigenvalue weighted by molar-refractivity contribution is 7.99. The standard InChI is InChI=1S/C21H22ClN5O3S/c1-13(30-18-7-5-4-6-17(18)22)20-25-26-21(27(20)3)31-12-19(29)24-16-10-8-15(9-11-16)23-14(2)28/h4-11,13H,12H2,1-3H3,(H,23,28)(H,24,29). The van der Waals surface area contributed by atoms with Crippen molar-refractivity contribution in [2.75, 3.05) is 16.4 Å². The molecule has 31 heavy (non-hydrogen) atoms. The maximum Gasteiger partial charge on any atom is 0.234 e. The second kappa shape index (κ2) is 10.3. The molecule has 0 saturated heterocycles. The molecule has 1 atom stereocenters. The third kappa shape index (κ3) is 6.22. The number of rotatable bonds is 8. The van der Waals surface area contributed by atoms with Crippen molar-refractivity contribution in [1.82, 2.24) is 14.8 Å². The highest BCUT2D eigenvalue weighted by atomic mass is 35.5. The summed E-state index contributed by atoms with van der Waals surface area (Å²) in [6.45, 7) is 3.30. The van der Waals surface area contributed by atoms with E-state index < -0.39 is 0 Å². The van der Waals surface area contributed by atoms with Crippen LogP contribution in [0.3, 0.4) is 0 Å². The quantitative estimate of drug-likeness (QED) is 0.487. The van der Waals surface area contributed by atoms with Crippen LogP contribution >= 0.6 is 23.4 Å². The smallest absolute Gasteiger partial charge is 0.234 e. The van der Waals surface area contributed by atoms with Crippen molar-refractivity contribution < 1.29 is 14.3 Å².